The van der Waals surface area contributed by atoms with Crippen molar-refractivity contribution in [2.45, 2.75) is 19.1 Å². The average molecular weight is 306 g/mol. The maximum atomic E-state index is 12.1. The molecular weight excluding hydrogens is 284 g/mol. The smallest absolute Gasteiger partial charge is 0.238 e. The number of rotatable bonds is 7. The summed E-state index contributed by atoms with van der Waals surface area (Å²) >= 11 is 1.76. The molecule has 1 aliphatic rings. The molecule has 1 aromatic rings. The molecular formula is C16H22N2O2S. The Bertz CT molecular complexity index is 490. The minimum atomic E-state index is -0.0481. The van der Waals surface area contributed by atoms with Crippen LogP contribution in [0.2, 0.25) is 0 Å². The quantitative estimate of drug-likeness (QED) is 0.786. The topological polar surface area (TPSA) is 41.6 Å². The fraction of sp³-hybridized carbons (Fsp3) is 0.438. The molecule has 2 atom stereocenters. The highest BCUT2D eigenvalue weighted by molar-refractivity contribution is 7.98. The first-order valence-corrected chi connectivity index (χ1v) is 8.44. The highest BCUT2D eigenvalue weighted by Gasteiger charge is 2.34. The van der Waals surface area contributed by atoms with Crippen molar-refractivity contribution in [2.75, 3.05) is 25.2 Å². The Morgan fingerprint density at radius 2 is 2.24 bits per heavy atom. The fourth-order valence-electron chi connectivity index (χ4n) is 2.52. The number of benzene rings is 1. The molecule has 1 aromatic carbocycles. The van der Waals surface area contributed by atoms with Crippen LogP contribution in [0.4, 0.5) is 0 Å². The first kappa shape index (κ1) is 15.9. The van der Waals surface area contributed by atoms with E-state index in [-0.39, 0.29) is 18.1 Å². The maximum absolute atomic E-state index is 12.1. The monoisotopic (exact) mass is 306 g/mol. The third-order valence-corrected chi connectivity index (χ3v) is 4.27. The second-order valence-corrected chi connectivity index (χ2v) is 5.97. The van der Waals surface area contributed by atoms with Crippen molar-refractivity contribution in [1.29, 1.82) is 0 Å². The van der Waals surface area contributed by atoms with Gasteiger partial charge >= 0.3 is 0 Å². The van der Waals surface area contributed by atoms with Gasteiger partial charge in [0.25, 0.3) is 0 Å². The van der Waals surface area contributed by atoms with Gasteiger partial charge in [-0.3, -0.25) is 10.1 Å². The van der Waals surface area contributed by atoms with Crippen LogP contribution in [0.1, 0.15) is 18.7 Å². The Labute approximate surface area is 130 Å². The van der Waals surface area contributed by atoms with Gasteiger partial charge < -0.3 is 9.64 Å². The van der Waals surface area contributed by atoms with Crippen molar-refractivity contribution < 1.29 is 9.53 Å². The van der Waals surface area contributed by atoms with Gasteiger partial charge in [-0.1, -0.05) is 24.8 Å². The van der Waals surface area contributed by atoms with Crippen LogP contribution in [0.5, 0.6) is 5.75 Å². The van der Waals surface area contributed by atoms with Gasteiger partial charge in [0.1, 0.15) is 18.5 Å². The number of carbonyl (C=O) groups is 1. The average Bonchev–Trinajstić information content (AvgIpc) is 2.88. The number of nitrogens with one attached hydrogen (secondary N) is 1. The molecule has 0 spiro atoms. The molecule has 1 heterocycles. The molecule has 1 fully saturated rings. The predicted molar refractivity (Wildman–Crippen MR) is 87.6 cm³/mol. The number of carbonyl (C=O) groups excluding carboxylic acids is 1. The van der Waals surface area contributed by atoms with Crippen LogP contribution in [0.25, 0.3) is 0 Å². The highest BCUT2D eigenvalue weighted by atomic mass is 32.2. The lowest BCUT2D eigenvalue weighted by atomic mass is 10.1. The van der Waals surface area contributed by atoms with E-state index in [1.807, 2.05) is 29.2 Å². The number of hydrogen-bond acceptors (Lipinski definition) is 4. The SMILES string of the molecule is C=CCOc1ccc(C2NCC(=O)N2C(C)CSC)cc1. The molecule has 5 heteroatoms. The first-order valence-electron chi connectivity index (χ1n) is 7.04. The van der Waals surface area contributed by atoms with E-state index in [9.17, 15) is 4.79 Å². The summed E-state index contributed by atoms with van der Waals surface area (Å²) in [6.45, 7) is 6.62. The standard InChI is InChI=1S/C16H22N2O2S/c1-4-9-20-14-7-5-13(6-8-14)16-17-10-15(19)18(16)12(2)11-21-3/h4-8,12,16-17H,1,9-11H2,2-3H3. The van der Waals surface area contributed by atoms with Crippen LogP contribution in [0.3, 0.4) is 0 Å². The Morgan fingerprint density at radius 3 is 2.86 bits per heavy atom. The van der Waals surface area contributed by atoms with E-state index >= 15 is 0 Å². The Kier molecular flexibility index (Phi) is 5.70. The Hall–Kier alpha value is -1.46. The molecule has 0 bridgehead atoms. The van der Waals surface area contributed by atoms with Crippen molar-refractivity contribution in [2.24, 2.45) is 0 Å². The van der Waals surface area contributed by atoms with Crippen LogP contribution >= 0.6 is 11.8 Å². The first-order chi connectivity index (χ1) is 10.2. The van der Waals surface area contributed by atoms with Gasteiger partial charge in [-0.2, -0.15) is 11.8 Å². The van der Waals surface area contributed by atoms with E-state index in [1.54, 1.807) is 17.8 Å². The summed E-state index contributed by atoms with van der Waals surface area (Å²) in [5, 5.41) is 3.28. The van der Waals surface area contributed by atoms with Gasteiger partial charge in [-0.05, 0) is 30.9 Å². The zero-order chi connectivity index (χ0) is 15.2. The van der Waals surface area contributed by atoms with Crippen molar-refractivity contribution in [1.82, 2.24) is 10.2 Å². The van der Waals surface area contributed by atoms with Crippen molar-refractivity contribution >= 4 is 17.7 Å². The zero-order valence-electron chi connectivity index (χ0n) is 12.5. The minimum Gasteiger partial charge on any atom is -0.490 e. The van der Waals surface area contributed by atoms with E-state index < -0.39 is 0 Å². The van der Waals surface area contributed by atoms with Crippen LogP contribution in [-0.4, -0.2) is 42.0 Å². The molecule has 2 rings (SSSR count). The Balaban J connectivity index is 2.11. The van der Waals surface area contributed by atoms with Crippen LogP contribution in [0, 0.1) is 0 Å². The molecule has 4 nitrogen and oxygen atoms in total. The van der Waals surface area contributed by atoms with E-state index in [0.717, 1.165) is 17.1 Å². The number of amides is 1. The lowest BCUT2D eigenvalue weighted by molar-refractivity contribution is -0.129. The summed E-state index contributed by atoms with van der Waals surface area (Å²) < 4.78 is 5.48. The molecule has 0 aromatic heterocycles. The number of hydrogen-bond donors (Lipinski definition) is 1. The molecule has 1 saturated heterocycles. The van der Waals surface area contributed by atoms with E-state index in [0.29, 0.717) is 13.2 Å². The van der Waals surface area contributed by atoms with E-state index in [2.05, 4.69) is 25.1 Å². The lowest BCUT2D eigenvalue weighted by Crippen LogP contribution is -2.39. The van der Waals surface area contributed by atoms with Crippen molar-refractivity contribution in [3.63, 3.8) is 0 Å². The molecule has 21 heavy (non-hydrogen) atoms. The highest BCUT2D eigenvalue weighted by Crippen LogP contribution is 2.27. The largest absolute Gasteiger partial charge is 0.490 e. The predicted octanol–water partition coefficient (Wildman–Crippen LogP) is 2.43. The molecule has 0 saturated carbocycles. The van der Waals surface area contributed by atoms with Gasteiger partial charge in [0, 0.05) is 11.8 Å². The second-order valence-electron chi connectivity index (χ2n) is 5.06. The number of thioether (sulfide) groups is 1. The summed E-state index contributed by atoms with van der Waals surface area (Å²) in [6.07, 6.45) is 3.73. The van der Waals surface area contributed by atoms with Crippen LogP contribution < -0.4 is 10.1 Å². The summed E-state index contributed by atoms with van der Waals surface area (Å²) in [4.78, 5) is 14.0. The maximum Gasteiger partial charge on any atom is 0.238 e. The zero-order valence-corrected chi connectivity index (χ0v) is 13.4. The molecule has 0 radical (unpaired) electrons. The second kappa shape index (κ2) is 7.52. The minimum absolute atomic E-state index is 0.0481. The molecule has 2 unspecified atom stereocenters. The normalized spacial score (nSPS) is 19.6. The van der Waals surface area contributed by atoms with Gasteiger partial charge in [-0.15, -0.1) is 0 Å². The molecule has 114 valence electrons. The van der Waals surface area contributed by atoms with E-state index in [4.69, 9.17) is 4.74 Å². The Morgan fingerprint density at radius 1 is 1.52 bits per heavy atom. The molecule has 1 aliphatic heterocycles. The number of ether oxygens (including phenoxy) is 1. The third-order valence-electron chi connectivity index (χ3n) is 3.46. The van der Waals surface area contributed by atoms with Crippen molar-refractivity contribution in [3.8, 4) is 5.75 Å². The van der Waals surface area contributed by atoms with Crippen molar-refractivity contribution in [3.05, 3.63) is 42.5 Å². The summed E-state index contributed by atoms with van der Waals surface area (Å²) in [6, 6.07) is 8.09. The lowest BCUT2D eigenvalue weighted by Gasteiger charge is -2.30. The van der Waals surface area contributed by atoms with Gasteiger partial charge in [0.2, 0.25) is 5.91 Å². The summed E-state index contributed by atoms with van der Waals surface area (Å²) in [5.41, 5.74) is 1.08. The van der Waals surface area contributed by atoms with E-state index in [1.165, 1.54) is 0 Å². The number of nitrogens with zero attached hydrogens (tertiary/aromatic N) is 1. The van der Waals surface area contributed by atoms with Gasteiger partial charge in [-0.25, -0.2) is 0 Å². The van der Waals surface area contributed by atoms with Crippen LogP contribution in [0.15, 0.2) is 36.9 Å². The van der Waals surface area contributed by atoms with Gasteiger partial charge in [0.05, 0.1) is 6.54 Å². The fourth-order valence-corrected chi connectivity index (χ4v) is 3.16. The molecule has 0 aliphatic carbocycles. The van der Waals surface area contributed by atoms with Crippen LogP contribution in [-0.2, 0) is 4.79 Å². The molecule has 1 N–H and O–H groups in total. The summed E-state index contributed by atoms with van der Waals surface area (Å²) in [5.74, 6) is 1.91. The third kappa shape index (κ3) is 3.80. The molecule has 1 amide bonds. The van der Waals surface area contributed by atoms with Gasteiger partial charge in [0.15, 0.2) is 0 Å². The summed E-state index contributed by atoms with van der Waals surface area (Å²) in [7, 11) is 0.